The van der Waals surface area contributed by atoms with Crippen LogP contribution in [-0.4, -0.2) is 24.5 Å². The first kappa shape index (κ1) is 16.3. The molecule has 0 bridgehead atoms. The van der Waals surface area contributed by atoms with Crippen LogP contribution < -0.4 is 4.90 Å². The van der Waals surface area contributed by atoms with Crippen LogP contribution in [0.4, 0.5) is 23.7 Å². The molecule has 0 aromatic heterocycles. The zero-order valence-electron chi connectivity index (χ0n) is 12.2. The van der Waals surface area contributed by atoms with E-state index in [1.165, 1.54) is 4.90 Å². The molecule has 1 aromatic carbocycles. The number of benzene rings is 1. The summed E-state index contributed by atoms with van der Waals surface area (Å²) < 4.78 is 43.3. The van der Waals surface area contributed by atoms with Crippen LogP contribution in [0.5, 0.6) is 0 Å². The summed E-state index contributed by atoms with van der Waals surface area (Å²) in [7, 11) is 0. The van der Waals surface area contributed by atoms with Gasteiger partial charge in [0.25, 0.3) is 0 Å². The molecule has 0 fully saturated rings. The van der Waals surface area contributed by atoms with Gasteiger partial charge in [0.05, 0.1) is 17.9 Å². The Morgan fingerprint density at radius 2 is 2.05 bits per heavy atom. The van der Waals surface area contributed by atoms with Crippen LogP contribution in [0.2, 0.25) is 0 Å². The highest BCUT2D eigenvalue weighted by atomic mass is 19.4. The SMILES string of the molecule is CCOC(=O)N1c2ccc(C(F)(F)F)cc2C(=O)C[C@@H]1CC. The van der Waals surface area contributed by atoms with Gasteiger partial charge in [-0.2, -0.15) is 13.2 Å². The molecule has 1 atom stereocenters. The van der Waals surface area contributed by atoms with E-state index in [0.717, 1.165) is 18.2 Å². The minimum absolute atomic E-state index is 0.0103. The predicted molar refractivity (Wildman–Crippen MR) is 74.0 cm³/mol. The minimum atomic E-state index is -4.54. The monoisotopic (exact) mass is 315 g/mol. The lowest BCUT2D eigenvalue weighted by Gasteiger charge is -2.35. The van der Waals surface area contributed by atoms with Crippen molar-refractivity contribution in [3.05, 3.63) is 29.3 Å². The van der Waals surface area contributed by atoms with Crippen molar-refractivity contribution >= 4 is 17.6 Å². The molecule has 1 aliphatic rings. The smallest absolute Gasteiger partial charge is 0.416 e. The lowest BCUT2D eigenvalue weighted by atomic mass is 9.92. The van der Waals surface area contributed by atoms with Gasteiger partial charge >= 0.3 is 12.3 Å². The fourth-order valence-corrected chi connectivity index (χ4v) is 2.53. The van der Waals surface area contributed by atoms with Crippen molar-refractivity contribution in [2.45, 2.75) is 38.9 Å². The third-order valence-electron chi connectivity index (χ3n) is 3.61. The van der Waals surface area contributed by atoms with Gasteiger partial charge < -0.3 is 4.74 Å². The number of amides is 1. The third kappa shape index (κ3) is 2.93. The molecule has 0 N–H and O–H groups in total. The van der Waals surface area contributed by atoms with Crippen LogP contribution in [0.15, 0.2) is 18.2 Å². The Bertz CT molecular complexity index is 598. The van der Waals surface area contributed by atoms with Crippen LogP contribution in [0.25, 0.3) is 0 Å². The van der Waals surface area contributed by atoms with Crippen molar-refractivity contribution in [3.63, 3.8) is 0 Å². The second-order valence-electron chi connectivity index (χ2n) is 4.99. The summed E-state index contributed by atoms with van der Waals surface area (Å²) in [6.45, 7) is 3.59. The van der Waals surface area contributed by atoms with Crippen molar-refractivity contribution in [1.29, 1.82) is 0 Å². The van der Waals surface area contributed by atoms with E-state index < -0.39 is 29.7 Å². The second kappa shape index (κ2) is 5.98. The zero-order chi connectivity index (χ0) is 16.5. The highest BCUT2D eigenvalue weighted by molar-refractivity contribution is 6.08. The van der Waals surface area contributed by atoms with E-state index in [9.17, 15) is 22.8 Å². The number of halogens is 3. The number of ether oxygens (including phenoxy) is 1. The summed E-state index contributed by atoms with van der Waals surface area (Å²) in [5, 5.41) is 0. The first-order valence-corrected chi connectivity index (χ1v) is 7.00. The number of carbonyl (C=O) groups excluding carboxylic acids is 2. The van der Waals surface area contributed by atoms with Gasteiger partial charge in [-0.15, -0.1) is 0 Å². The maximum Gasteiger partial charge on any atom is 0.416 e. The molecule has 0 saturated carbocycles. The molecule has 1 heterocycles. The van der Waals surface area contributed by atoms with Gasteiger partial charge in [0.1, 0.15) is 0 Å². The molecule has 2 rings (SSSR count). The Kier molecular flexibility index (Phi) is 4.44. The van der Waals surface area contributed by atoms with Gasteiger partial charge in [-0.3, -0.25) is 9.69 Å². The summed E-state index contributed by atoms with van der Waals surface area (Å²) in [6, 6.07) is 2.43. The van der Waals surface area contributed by atoms with Crippen molar-refractivity contribution in [2.75, 3.05) is 11.5 Å². The predicted octanol–water partition coefficient (Wildman–Crippen LogP) is 4.03. The van der Waals surface area contributed by atoms with Crippen LogP contribution in [0.1, 0.15) is 42.6 Å². The van der Waals surface area contributed by atoms with Gasteiger partial charge in [0, 0.05) is 18.0 Å². The maximum atomic E-state index is 12.8. The number of hydrogen-bond donors (Lipinski definition) is 0. The van der Waals surface area contributed by atoms with Gasteiger partial charge in [-0.1, -0.05) is 6.92 Å². The quantitative estimate of drug-likeness (QED) is 0.827. The van der Waals surface area contributed by atoms with Crippen molar-refractivity contribution in [3.8, 4) is 0 Å². The largest absolute Gasteiger partial charge is 0.449 e. The first-order chi connectivity index (χ1) is 10.3. The number of rotatable bonds is 2. The highest BCUT2D eigenvalue weighted by Crippen LogP contribution is 2.37. The highest BCUT2D eigenvalue weighted by Gasteiger charge is 2.38. The average Bonchev–Trinajstić information content (AvgIpc) is 2.45. The minimum Gasteiger partial charge on any atom is -0.449 e. The van der Waals surface area contributed by atoms with Crippen LogP contribution >= 0.6 is 0 Å². The van der Waals surface area contributed by atoms with Gasteiger partial charge in [0.2, 0.25) is 0 Å². The molecule has 22 heavy (non-hydrogen) atoms. The number of carbonyl (C=O) groups is 2. The molecule has 1 aliphatic heterocycles. The molecule has 0 unspecified atom stereocenters. The second-order valence-corrected chi connectivity index (χ2v) is 4.99. The molecule has 1 aromatic rings. The van der Waals surface area contributed by atoms with E-state index in [1.54, 1.807) is 13.8 Å². The van der Waals surface area contributed by atoms with E-state index >= 15 is 0 Å². The number of hydrogen-bond acceptors (Lipinski definition) is 3. The Morgan fingerprint density at radius 1 is 1.36 bits per heavy atom. The van der Waals surface area contributed by atoms with Crippen LogP contribution in [0, 0.1) is 0 Å². The van der Waals surface area contributed by atoms with Crippen molar-refractivity contribution in [2.24, 2.45) is 0 Å². The average molecular weight is 315 g/mol. The van der Waals surface area contributed by atoms with Crippen LogP contribution in [-0.2, 0) is 10.9 Å². The van der Waals surface area contributed by atoms with E-state index in [0.29, 0.717) is 6.42 Å². The number of anilines is 1. The third-order valence-corrected chi connectivity index (χ3v) is 3.61. The summed E-state index contributed by atoms with van der Waals surface area (Å²) in [5.74, 6) is -0.395. The molecule has 0 spiro atoms. The Hall–Kier alpha value is -2.05. The normalized spacial score (nSPS) is 18.1. The zero-order valence-corrected chi connectivity index (χ0v) is 12.2. The van der Waals surface area contributed by atoms with E-state index in [1.807, 2.05) is 0 Å². The molecular weight excluding hydrogens is 299 g/mol. The summed E-state index contributed by atoms with van der Waals surface area (Å²) in [5.41, 5.74) is -0.819. The molecule has 0 saturated heterocycles. The number of alkyl halides is 3. The summed E-state index contributed by atoms with van der Waals surface area (Å²) in [4.78, 5) is 25.5. The lowest BCUT2D eigenvalue weighted by molar-refractivity contribution is -0.137. The fraction of sp³-hybridized carbons (Fsp3) is 0.467. The number of ketones is 1. The number of Topliss-reactive ketones (excluding diaryl/α,β-unsaturated/α-hetero) is 1. The molecule has 120 valence electrons. The molecule has 7 heteroatoms. The van der Waals surface area contributed by atoms with E-state index in [4.69, 9.17) is 4.74 Å². The van der Waals surface area contributed by atoms with Gasteiger partial charge in [-0.05, 0) is 31.5 Å². The summed E-state index contributed by atoms with van der Waals surface area (Å²) >= 11 is 0. The topological polar surface area (TPSA) is 46.6 Å². The van der Waals surface area contributed by atoms with E-state index in [2.05, 4.69) is 0 Å². The van der Waals surface area contributed by atoms with E-state index in [-0.39, 0.29) is 24.3 Å². The summed E-state index contributed by atoms with van der Waals surface area (Å²) in [6.07, 6.45) is -4.69. The van der Waals surface area contributed by atoms with Gasteiger partial charge in [-0.25, -0.2) is 4.79 Å². The number of nitrogens with zero attached hydrogens (tertiary/aromatic N) is 1. The van der Waals surface area contributed by atoms with Crippen LogP contribution in [0.3, 0.4) is 0 Å². The standard InChI is InChI=1S/C15H16F3NO3/c1-3-10-8-13(20)11-7-9(15(16,17)18)5-6-12(11)19(10)14(21)22-4-2/h5-7,10H,3-4,8H2,1-2H3/t10-/m0/s1. The van der Waals surface area contributed by atoms with Gasteiger partial charge in [0.15, 0.2) is 5.78 Å². The molecule has 0 aliphatic carbocycles. The van der Waals surface area contributed by atoms with Crippen molar-refractivity contribution < 1.29 is 27.5 Å². The Morgan fingerprint density at radius 3 is 2.59 bits per heavy atom. The molecule has 1 amide bonds. The fourth-order valence-electron chi connectivity index (χ4n) is 2.53. The molecule has 0 radical (unpaired) electrons. The Labute approximate surface area is 125 Å². The Balaban J connectivity index is 2.52. The first-order valence-electron chi connectivity index (χ1n) is 7.00. The molecular formula is C15H16F3NO3. The maximum absolute atomic E-state index is 12.8. The lowest BCUT2D eigenvalue weighted by Crippen LogP contribution is -2.45. The number of fused-ring (bicyclic) bond motifs is 1. The molecule has 4 nitrogen and oxygen atoms in total. The van der Waals surface area contributed by atoms with Crippen molar-refractivity contribution in [1.82, 2.24) is 0 Å².